The van der Waals surface area contributed by atoms with E-state index in [1.165, 1.54) is 14.2 Å². The van der Waals surface area contributed by atoms with Gasteiger partial charge < -0.3 is 18.5 Å². The smallest absolute Gasteiger partial charge is 0.358 e. The normalized spacial score (nSPS) is 13.9. The number of hydrogen-bond acceptors (Lipinski definition) is 8. The van der Waals surface area contributed by atoms with Gasteiger partial charge in [0.05, 0.1) is 19.4 Å². The molecule has 0 fully saturated rings. The monoisotopic (exact) mass is 594 g/mol. The average Bonchev–Trinajstić information content (AvgIpc) is 2.93. The van der Waals surface area contributed by atoms with Crippen LogP contribution in [-0.4, -0.2) is 43.3 Å². The first kappa shape index (κ1) is 32.7. The number of hydrogen-bond donors (Lipinski definition) is 0. The standard InChI is InChI=1S/C26H38N5O5P2S/c1-8-18-26(9-2,29-30-27)36-24-14-10-21(11-15-24)19-28-31(5)37(39)25(3,4)35-23-16-12-22(13-17-23)20-38(32,33-6)34-7/h10-17,19H,8-9,18,20H2,1-7H3/q+1/b28-19+. The molecule has 0 saturated carbocycles. The van der Waals surface area contributed by atoms with Crippen LogP contribution in [0.25, 0.3) is 10.4 Å². The molecule has 2 atom stereocenters. The van der Waals surface area contributed by atoms with Gasteiger partial charge in [0.2, 0.25) is 0 Å². The van der Waals surface area contributed by atoms with E-state index >= 15 is 0 Å². The topological polar surface area (TPSA) is 118 Å². The summed E-state index contributed by atoms with van der Waals surface area (Å²) >= 11 is 5.81. The summed E-state index contributed by atoms with van der Waals surface area (Å²) in [6, 6.07) is 14.7. The van der Waals surface area contributed by atoms with Gasteiger partial charge in [-0.25, -0.2) is 0 Å². The Kier molecular flexibility index (Phi) is 12.4. The Balaban J connectivity index is 2.03. The number of ether oxygens (including phenoxy) is 2. The maximum Gasteiger partial charge on any atom is 0.358 e. The molecule has 0 amide bonds. The molecular weight excluding hydrogens is 556 g/mol. The van der Waals surface area contributed by atoms with E-state index in [2.05, 4.69) is 15.1 Å². The third-order valence-electron chi connectivity index (χ3n) is 5.93. The van der Waals surface area contributed by atoms with E-state index in [0.717, 1.165) is 17.5 Å². The quantitative estimate of drug-likeness (QED) is 0.0480. The molecule has 0 saturated heterocycles. The van der Waals surface area contributed by atoms with E-state index in [1.54, 1.807) is 11.0 Å². The van der Waals surface area contributed by atoms with Gasteiger partial charge in [-0.1, -0.05) is 32.4 Å². The fourth-order valence-corrected chi connectivity index (χ4v) is 6.05. The van der Waals surface area contributed by atoms with Crippen molar-refractivity contribution in [2.24, 2.45) is 10.2 Å². The van der Waals surface area contributed by atoms with E-state index in [0.29, 0.717) is 24.3 Å². The molecular formula is C26H38N5O5P2S+. The van der Waals surface area contributed by atoms with Crippen molar-refractivity contribution < 1.29 is 23.1 Å². The van der Waals surface area contributed by atoms with Crippen molar-refractivity contribution in [3.63, 3.8) is 0 Å². The van der Waals surface area contributed by atoms with Gasteiger partial charge in [-0.05, 0) is 71.0 Å². The van der Waals surface area contributed by atoms with Crippen molar-refractivity contribution in [2.45, 2.75) is 64.2 Å². The van der Waals surface area contributed by atoms with Gasteiger partial charge in [-0.3, -0.25) is 4.57 Å². The lowest BCUT2D eigenvalue weighted by Gasteiger charge is -2.28. The molecule has 2 aromatic rings. The highest BCUT2D eigenvalue weighted by Gasteiger charge is 2.41. The van der Waals surface area contributed by atoms with Crippen molar-refractivity contribution in [1.82, 2.24) is 4.78 Å². The van der Waals surface area contributed by atoms with Crippen molar-refractivity contribution in [3.8, 4) is 11.5 Å². The van der Waals surface area contributed by atoms with Crippen molar-refractivity contribution in [2.75, 3.05) is 21.3 Å². The van der Waals surface area contributed by atoms with E-state index in [1.807, 2.05) is 83.3 Å². The lowest BCUT2D eigenvalue weighted by molar-refractivity contribution is 0.0615. The molecule has 2 unspecified atom stereocenters. The molecule has 212 valence electrons. The third kappa shape index (κ3) is 9.57. The molecule has 0 spiro atoms. The summed E-state index contributed by atoms with van der Waals surface area (Å²) in [7, 11) is 1.43. The van der Waals surface area contributed by atoms with Crippen LogP contribution >= 0.6 is 14.4 Å². The van der Waals surface area contributed by atoms with Crippen LogP contribution in [0.15, 0.2) is 58.7 Å². The van der Waals surface area contributed by atoms with Crippen LogP contribution in [-0.2, 0) is 31.6 Å². The molecule has 0 aliphatic rings. The van der Waals surface area contributed by atoms with Gasteiger partial charge in [0, 0.05) is 33.0 Å². The second-order valence-electron chi connectivity index (χ2n) is 9.24. The first-order chi connectivity index (χ1) is 18.4. The van der Waals surface area contributed by atoms with Gasteiger partial charge in [0.15, 0.2) is 17.5 Å². The van der Waals surface area contributed by atoms with Crippen LogP contribution in [0.2, 0.25) is 0 Å². The van der Waals surface area contributed by atoms with E-state index in [4.69, 9.17) is 35.9 Å². The molecule has 0 radical (unpaired) electrons. The highest BCUT2D eigenvalue weighted by atomic mass is 32.4. The summed E-state index contributed by atoms with van der Waals surface area (Å²) in [5.74, 6) is 1.27. The summed E-state index contributed by atoms with van der Waals surface area (Å²) in [6.45, 7) is 6.60. The fraction of sp³-hybridized carbons (Fsp3) is 0.500. The second-order valence-corrected chi connectivity index (χ2v) is 14.8. The summed E-state index contributed by atoms with van der Waals surface area (Å²) in [6.07, 6.45) is 3.95. The molecule has 0 aromatic heterocycles. The summed E-state index contributed by atoms with van der Waals surface area (Å²) in [5.41, 5.74) is 9.77. The van der Waals surface area contributed by atoms with Gasteiger partial charge >= 0.3 is 14.4 Å². The van der Waals surface area contributed by atoms with E-state index in [-0.39, 0.29) is 6.16 Å². The number of azide groups is 1. The Morgan fingerprint density at radius 1 is 1.05 bits per heavy atom. The third-order valence-corrected chi connectivity index (χ3v) is 11.5. The first-order valence-corrected chi connectivity index (χ1v) is 16.6. The zero-order valence-electron chi connectivity index (χ0n) is 23.6. The molecule has 0 heterocycles. The minimum atomic E-state index is -3.14. The molecule has 0 aliphatic heterocycles. The number of benzene rings is 2. The predicted molar refractivity (Wildman–Crippen MR) is 160 cm³/mol. The Morgan fingerprint density at radius 3 is 2.13 bits per heavy atom. The summed E-state index contributed by atoms with van der Waals surface area (Å²) in [4.78, 5) is 2.98. The van der Waals surface area contributed by atoms with Gasteiger partial charge in [-0.2, -0.15) is 0 Å². The van der Waals surface area contributed by atoms with Crippen LogP contribution in [0, 0.1) is 0 Å². The highest BCUT2D eigenvalue weighted by molar-refractivity contribution is 8.04. The fourth-order valence-electron chi connectivity index (χ4n) is 3.72. The zero-order chi connectivity index (χ0) is 29.1. The van der Waals surface area contributed by atoms with Crippen LogP contribution in [0.4, 0.5) is 0 Å². The van der Waals surface area contributed by atoms with Crippen molar-refractivity contribution in [1.29, 1.82) is 0 Å². The SMILES string of the molecule is CCCC(CC)(N=[N+]=[N-])Oc1ccc(/C=N/N(C)[P+](=S)C(C)(C)Oc2ccc(CP(=O)(OC)OC)cc2)cc1. The molecule has 0 bridgehead atoms. The summed E-state index contributed by atoms with van der Waals surface area (Å²) in [5, 5.41) is 7.78. The minimum Gasteiger partial charge on any atom is -0.481 e. The van der Waals surface area contributed by atoms with Crippen LogP contribution in [0.5, 0.6) is 11.5 Å². The molecule has 0 N–H and O–H groups in total. The van der Waals surface area contributed by atoms with Crippen LogP contribution in [0.1, 0.15) is 58.1 Å². The van der Waals surface area contributed by atoms with Gasteiger partial charge in [0.1, 0.15) is 11.5 Å². The Morgan fingerprint density at radius 2 is 1.62 bits per heavy atom. The molecule has 2 aromatic carbocycles. The number of nitrogens with zero attached hydrogens (tertiary/aromatic N) is 5. The molecule has 10 nitrogen and oxygen atoms in total. The Bertz CT molecular complexity index is 1210. The lowest BCUT2D eigenvalue weighted by Crippen LogP contribution is -2.32. The minimum absolute atomic E-state index is 0.175. The molecule has 0 aliphatic carbocycles. The van der Waals surface area contributed by atoms with Crippen LogP contribution < -0.4 is 9.47 Å². The summed E-state index contributed by atoms with van der Waals surface area (Å²) < 4.78 is 36.4. The van der Waals surface area contributed by atoms with E-state index in [9.17, 15) is 4.57 Å². The molecule has 13 heteroatoms. The van der Waals surface area contributed by atoms with E-state index < -0.39 is 25.5 Å². The Labute approximate surface area is 237 Å². The Hall–Kier alpha value is -2.51. The predicted octanol–water partition coefficient (Wildman–Crippen LogP) is 8.21. The number of rotatable bonds is 16. The van der Waals surface area contributed by atoms with Crippen molar-refractivity contribution >= 4 is 32.5 Å². The maximum absolute atomic E-state index is 12.4. The van der Waals surface area contributed by atoms with Crippen molar-refractivity contribution in [3.05, 3.63) is 70.1 Å². The molecule has 39 heavy (non-hydrogen) atoms. The van der Waals surface area contributed by atoms with Gasteiger partial charge in [0.25, 0.3) is 5.34 Å². The first-order valence-electron chi connectivity index (χ1n) is 12.5. The second kappa shape index (κ2) is 14.8. The largest absolute Gasteiger partial charge is 0.481 e. The zero-order valence-corrected chi connectivity index (χ0v) is 26.2. The number of hydrazone groups is 1. The average molecular weight is 595 g/mol. The highest BCUT2D eigenvalue weighted by Crippen LogP contribution is 2.50. The molecule has 2 rings (SSSR count). The lowest BCUT2D eigenvalue weighted by atomic mass is 10.1. The van der Waals surface area contributed by atoms with Crippen LogP contribution in [0.3, 0.4) is 0 Å². The van der Waals surface area contributed by atoms with Gasteiger partial charge in [-0.15, -0.1) is 9.88 Å². The maximum atomic E-state index is 12.4.